The highest BCUT2D eigenvalue weighted by Crippen LogP contribution is 2.31. The van der Waals surface area contributed by atoms with Crippen molar-refractivity contribution < 1.29 is 4.74 Å². The average molecular weight is 364 g/mol. The molecule has 0 spiro atoms. The number of benzene rings is 3. The Bertz CT molecular complexity index is 882. The molecule has 0 bridgehead atoms. The van der Waals surface area contributed by atoms with Crippen LogP contribution in [0.1, 0.15) is 11.1 Å². The molecule has 3 aromatic carbocycles. The lowest BCUT2D eigenvalue weighted by molar-refractivity contribution is 0.415. The Morgan fingerprint density at radius 1 is 0.962 bits per heavy atom. The van der Waals surface area contributed by atoms with Crippen molar-refractivity contribution in [2.24, 2.45) is 5.73 Å². The maximum atomic E-state index is 6.95. The summed E-state index contributed by atoms with van der Waals surface area (Å²) in [6, 6.07) is 24.7. The van der Waals surface area contributed by atoms with E-state index in [0.29, 0.717) is 6.54 Å². The molecule has 0 aliphatic heterocycles. The molecule has 0 amide bonds. The van der Waals surface area contributed by atoms with E-state index >= 15 is 0 Å². The lowest BCUT2D eigenvalue weighted by Crippen LogP contribution is -2.48. The van der Waals surface area contributed by atoms with Crippen LogP contribution in [-0.2, 0) is 5.54 Å². The molecule has 4 heteroatoms. The van der Waals surface area contributed by atoms with Gasteiger partial charge in [0.2, 0.25) is 0 Å². The summed E-state index contributed by atoms with van der Waals surface area (Å²) in [6.45, 7) is 0.639. The van der Waals surface area contributed by atoms with Gasteiger partial charge in [0.1, 0.15) is 5.75 Å². The Morgan fingerprint density at radius 3 is 2.38 bits per heavy atom. The number of likely N-dealkylation sites (N-methyl/N-ethyl adjacent to an activating group) is 1. The second-order valence-corrected chi connectivity index (χ2v) is 7.02. The first-order chi connectivity index (χ1) is 12.6. The van der Waals surface area contributed by atoms with Crippen molar-refractivity contribution in [3.63, 3.8) is 0 Å². The average Bonchev–Trinajstić information content (AvgIpc) is 2.69. The number of methoxy groups -OCH3 is 1. The standard InChI is InChI=1S/C22H25N2OP/c1-24-15-22(23,18-8-4-3-5-9-18)20-14-17(11-12-21(20)26)16-7-6-10-19(13-16)25-2/h3-14,24H,15,23,26H2,1-2H3. The van der Waals surface area contributed by atoms with Crippen LogP contribution in [0.25, 0.3) is 11.1 Å². The van der Waals surface area contributed by atoms with Crippen molar-refractivity contribution in [2.45, 2.75) is 5.54 Å². The molecule has 0 heterocycles. The van der Waals surface area contributed by atoms with Gasteiger partial charge >= 0.3 is 0 Å². The smallest absolute Gasteiger partial charge is 0.119 e. The van der Waals surface area contributed by atoms with Crippen molar-refractivity contribution >= 4 is 14.5 Å². The number of nitrogens with two attached hydrogens (primary N) is 1. The topological polar surface area (TPSA) is 47.3 Å². The van der Waals surface area contributed by atoms with Crippen molar-refractivity contribution in [3.05, 3.63) is 83.9 Å². The van der Waals surface area contributed by atoms with Crippen molar-refractivity contribution in [1.82, 2.24) is 5.32 Å². The van der Waals surface area contributed by atoms with Crippen LogP contribution in [0.2, 0.25) is 0 Å². The number of hydrogen-bond donors (Lipinski definition) is 2. The van der Waals surface area contributed by atoms with Crippen LogP contribution in [0.5, 0.6) is 5.75 Å². The zero-order valence-corrected chi connectivity index (χ0v) is 16.4. The minimum Gasteiger partial charge on any atom is -0.497 e. The molecule has 0 radical (unpaired) electrons. The van der Waals surface area contributed by atoms with Crippen LogP contribution >= 0.6 is 9.24 Å². The maximum absolute atomic E-state index is 6.95. The van der Waals surface area contributed by atoms with Gasteiger partial charge in [0.15, 0.2) is 0 Å². The molecule has 26 heavy (non-hydrogen) atoms. The van der Waals surface area contributed by atoms with Gasteiger partial charge in [-0.25, -0.2) is 0 Å². The summed E-state index contributed by atoms with van der Waals surface area (Å²) in [5.41, 5.74) is 10.7. The molecule has 0 aliphatic rings. The molecule has 0 saturated carbocycles. The quantitative estimate of drug-likeness (QED) is 0.660. The molecule has 3 N–H and O–H groups in total. The van der Waals surface area contributed by atoms with E-state index in [1.807, 2.05) is 43.4 Å². The van der Waals surface area contributed by atoms with Gasteiger partial charge in [-0.1, -0.05) is 54.6 Å². The molecule has 3 nitrogen and oxygen atoms in total. The van der Waals surface area contributed by atoms with Crippen LogP contribution in [-0.4, -0.2) is 20.7 Å². The summed E-state index contributed by atoms with van der Waals surface area (Å²) in [4.78, 5) is 0. The zero-order chi connectivity index (χ0) is 18.6. The van der Waals surface area contributed by atoms with E-state index in [-0.39, 0.29) is 0 Å². The summed E-state index contributed by atoms with van der Waals surface area (Å²) in [7, 11) is 6.43. The van der Waals surface area contributed by atoms with E-state index in [4.69, 9.17) is 10.5 Å². The fraction of sp³-hybridized carbons (Fsp3) is 0.182. The molecule has 0 fully saturated rings. The van der Waals surface area contributed by atoms with Crippen LogP contribution < -0.4 is 21.1 Å². The Hall–Kier alpha value is -2.19. The number of nitrogens with one attached hydrogen (secondary N) is 1. The molecule has 2 atom stereocenters. The minimum atomic E-state index is -0.623. The Kier molecular flexibility index (Phi) is 5.73. The molecule has 3 aromatic rings. The number of hydrogen-bond acceptors (Lipinski definition) is 3. The minimum absolute atomic E-state index is 0.623. The van der Waals surface area contributed by atoms with Gasteiger partial charge in [0, 0.05) is 6.54 Å². The van der Waals surface area contributed by atoms with Crippen LogP contribution in [0, 0.1) is 0 Å². The van der Waals surface area contributed by atoms with E-state index in [0.717, 1.165) is 33.3 Å². The van der Waals surface area contributed by atoms with Crippen LogP contribution in [0.15, 0.2) is 72.8 Å². The summed E-state index contributed by atoms with van der Waals surface area (Å²) < 4.78 is 5.37. The normalized spacial score (nSPS) is 13.2. The van der Waals surface area contributed by atoms with E-state index in [1.54, 1.807) is 7.11 Å². The zero-order valence-electron chi connectivity index (χ0n) is 15.2. The lowest BCUT2D eigenvalue weighted by atomic mass is 9.82. The van der Waals surface area contributed by atoms with Gasteiger partial charge in [-0.15, -0.1) is 9.24 Å². The number of ether oxygens (including phenoxy) is 1. The van der Waals surface area contributed by atoms with Crippen LogP contribution in [0.3, 0.4) is 0 Å². The first-order valence-electron chi connectivity index (χ1n) is 8.62. The predicted molar refractivity (Wildman–Crippen MR) is 113 cm³/mol. The Labute approximate surface area is 157 Å². The second-order valence-electron chi connectivity index (χ2n) is 6.40. The summed E-state index contributed by atoms with van der Waals surface area (Å²) >= 11 is 0. The largest absolute Gasteiger partial charge is 0.497 e. The van der Waals surface area contributed by atoms with E-state index in [9.17, 15) is 0 Å². The van der Waals surface area contributed by atoms with Crippen LogP contribution in [0.4, 0.5) is 0 Å². The Morgan fingerprint density at radius 2 is 1.69 bits per heavy atom. The van der Waals surface area contributed by atoms with Gasteiger partial charge < -0.3 is 15.8 Å². The molecule has 2 unspecified atom stereocenters. The fourth-order valence-corrected chi connectivity index (χ4v) is 3.73. The second kappa shape index (κ2) is 8.01. The predicted octanol–water partition coefficient (Wildman–Crippen LogP) is 3.28. The van der Waals surface area contributed by atoms with Gasteiger partial charge in [0.25, 0.3) is 0 Å². The van der Waals surface area contributed by atoms with E-state index < -0.39 is 5.54 Å². The molecular formula is C22H25N2OP. The third-order valence-corrected chi connectivity index (χ3v) is 5.18. The molecule has 0 aromatic heterocycles. The summed E-state index contributed by atoms with van der Waals surface area (Å²) in [6.07, 6.45) is 0. The van der Waals surface area contributed by atoms with Crippen molar-refractivity contribution in [2.75, 3.05) is 20.7 Å². The Balaban J connectivity index is 2.14. The first-order valence-corrected chi connectivity index (χ1v) is 9.19. The highest BCUT2D eigenvalue weighted by atomic mass is 31.0. The van der Waals surface area contributed by atoms with E-state index in [1.165, 1.54) is 0 Å². The molecule has 0 saturated heterocycles. The highest BCUT2D eigenvalue weighted by molar-refractivity contribution is 7.27. The third-order valence-electron chi connectivity index (χ3n) is 4.68. The monoisotopic (exact) mass is 364 g/mol. The van der Waals surface area contributed by atoms with Gasteiger partial charge in [0.05, 0.1) is 12.6 Å². The highest BCUT2D eigenvalue weighted by Gasteiger charge is 2.30. The molecule has 3 rings (SSSR count). The molecular weight excluding hydrogens is 339 g/mol. The summed E-state index contributed by atoms with van der Waals surface area (Å²) in [5, 5.41) is 4.35. The van der Waals surface area contributed by atoms with Crippen molar-refractivity contribution in [3.8, 4) is 16.9 Å². The SMILES string of the molecule is CNCC(N)(c1ccccc1)c1cc(-c2cccc(OC)c2)ccc1P. The summed E-state index contributed by atoms with van der Waals surface area (Å²) in [5.74, 6) is 0.844. The molecule has 0 aliphatic carbocycles. The van der Waals surface area contributed by atoms with Gasteiger partial charge in [-0.05, 0) is 52.8 Å². The molecule has 134 valence electrons. The lowest BCUT2D eigenvalue weighted by Gasteiger charge is -2.32. The number of rotatable bonds is 6. The van der Waals surface area contributed by atoms with Gasteiger partial charge in [-0.3, -0.25) is 0 Å². The fourth-order valence-electron chi connectivity index (χ4n) is 3.29. The van der Waals surface area contributed by atoms with Crippen molar-refractivity contribution in [1.29, 1.82) is 0 Å². The van der Waals surface area contributed by atoms with E-state index in [2.05, 4.69) is 51.0 Å². The first kappa shape index (κ1) is 18.6. The third kappa shape index (κ3) is 3.66. The maximum Gasteiger partial charge on any atom is 0.119 e. The van der Waals surface area contributed by atoms with Gasteiger partial charge in [-0.2, -0.15) is 0 Å².